The molecule has 0 saturated carbocycles. The molecule has 1 aliphatic rings. The van der Waals surface area contributed by atoms with Crippen molar-refractivity contribution in [3.05, 3.63) is 88.4 Å². The van der Waals surface area contributed by atoms with Gasteiger partial charge in [0.05, 0.1) is 21.8 Å². The fourth-order valence-corrected chi connectivity index (χ4v) is 5.24. The topological polar surface area (TPSA) is 67.8 Å². The molecule has 0 bridgehead atoms. The summed E-state index contributed by atoms with van der Waals surface area (Å²) in [5.41, 5.74) is 1.68. The molecule has 3 heterocycles. The zero-order valence-electron chi connectivity index (χ0n) is 17.8. The molecule has 1 amide bonds. The number of hydrogen-bond donors (Lipinski definition) is 0. The number of carbonyl (C=O) groups excluding carboxylic acids is 1. The third-order valence-electron chi connectivity index (χ3n) is 5.36. The molecule has 1 aromatic carbocycles. The van der Waals surface area contributed by atoms with Crippen LogP contribution < -0.4 is 14.9 Å². The van der Waals surface area contributed by atoms with E-state index >= 15 is 0 Å². The molecule has 6 nitrogen and oxygen atoms in total. The van der Waals surface area contributed by atoms with Crippen molar-refractivity contribution in [1.82, 2.24) is 9.47 Å². The summed E-state index contributed by atoms with van der Waals surface area (Å²) in [5, 5.41) is 0.585. The van der Waals surface area contributed by atoms with Crippen molar-refractivity contribution in [1.29, 1.82) is 0 Å². The van der Waals surface area contributed by atoms with Gasteiger partial charge < -0.3 is 9.32 Å². The van der Waals surface area contributed by atoms with Gasteiger partial charge in [0.1, 0.15) is 5.76 Å². The van der Waals surface area contributed by atoms with E-state index in [1.807, 2.05) is 32.9 Å². The standard InChI is InChI=1S/C23H21BrClN3O3S/c1-4-27(5-2)22(30)19-13(3)26-23-28(20(19)14-6-8-15(25)9-7-14)21(29)17(32-23)12-16-10-11-18(24)31-16/h6-12,20H,4-5H2,1-3H3/b17-12+/t20-/m1/s1. The van der Waals surface area contributed by atoms with Gasteiger partial charge in [-0.05, 0) is 66.5 Å². The molecular weight excluding hydrogens is 514 g/mol. The van der Waals surface area contributed by atoms with E-state index in [4.69, 9.17) is 16.0 Å². The maximum absolute atomic E-state index is 13.5. The second-order valence-corrected chi connectivity index (χ2v) is 9.48. The number of halogens is 2. The lowest BCUT2D eigenvalue weighted by molar-refractivity contribution is -0.127. The molecular formula is C23H21BrClN3O3S. The van der Waals surface area contributed by atoms with Crippen molar-refractivity contribution >= 4 is 50.9 Å². The van der Waals surface area contributed by atoms with Crippen molar-refractivity contribution in [2.75, 3.05) is 13.1 Å². The Bertz CT molecular complexity index is 1380. The van der Waals surface area contributed by atoms with Crippen LogP contribution in [0.5, 0.6) is 0 Å². The predicted octanol–water partition coefficient (Wildman–Crippen LogP) is 4.11. The molecule has 0 N–H and O–H groups in total. The highest BCUT2D eigenvalue weighted by Gasteiger charge is 2.34. The van der Waals surface area contributed by atoms with E-state index in [1.165, 1.54) is 11.3 Å². The van der Waals surface area contributed by atoms with Crippen LogP contribution in [0.2, 0.25) is 5.02 Å². The van der Waals surface area contributed by atoms with Gasteiger partial charge in [0.25, 0.3) is 11.5 Å². The third-order valence-corrected chi connectivity index (χ3v) is 7.02. The molecule has 3 aromatic rings. The second kappa shape index (κ2) is 9.21. The minimum absolute atomic E-state index is 0.125. The highest BCUT2D eigenvalue weighted by molar-refractivity contribution is 9.10. The SMILES string of the molecule is CCN(CC)C(=O)C1=C(C)N=c2s/c(=C/c3ccc(Br)o3)c(=O)n2[C@@H]1c1ccc(Cl)cc1. The average molecular weight is 535 g/mol. The number of carbonyl (C=O) groups is 1. The van der Waals surface area contributed by atoms with E-state index in [2.05, 4.69) is 20.9 Å². The summed E-state index contributed by atoms with van der Waals surface area (Å²) in [6.07, 6.45) is 1.69. The van der Waals surface area contributed by atoms with Crippen LogP contribution in [0.15, 0.2) is 66.5 Å². The molecule has 166 valence electrons. The highest BCUT2D eigenvalue weighted by Crippen LogP contribution is 2.31. The third kappa shape index (κ3) is 4.14. The normalized spacial score (nSPS) is 16.2. The maximum atomic E-state index is 13.5. The number of furan rings is 1. The van der Waals surface area contributed by atoms with E-state index in [-0.39, 0.29) is 11.5 Å². The number of benzene rings is 1. The zero-order valence-corrected chi connectivity index (χ0v) is 20.9. The Kier molecular flexibility index (Phi) is 6.55. The van der Waals surface area contributed by atoms with Gasteiger partial charge in [0, 0.05) is 24.2 Å². The number of allylic oxidation sites excluding steroid dienone is 1. The van der Waals surface area contributed by atoms with Gasteiger partial charge in [-0.3, -0.25) is 14.2 Å². The van der Waals surface area contributed by atoms with Crippen LogP contribution in [0.3, 0.4) is 0 Å². The van der Waals surface area contributed by atoms with Gasteiger partial charge in [-0.25, -0.2) is 4.99 Å². The highest BCUT2D eigenvalue weighted by atomic mass is 79.9. The monoisotopic (exact) mass is 533 g/mol. The van der Waals surface area contributed by atoms with E-state index in [9.17, 15) is 9.59 Å². The molecule has 0 radical (unpaired) electrons. The zero-order chi connectivity index (χ0) is 23.0. The van der Waals surface area contributed by atoms with Gasteiger partial charge in [-0.2, -0.15) is 0 Å². The second-order valence-electron chi connectivity index (χ2n) is 7.25. The van der Waals surface area contributed by atoms with Gasteiger partial charge in [0.2, 0.25) is 0 Å². The summed E-state index contributed by atoms with van der Waals surface area (Å²) in [6, 6.07) is 10.2. The van der Waals surface area contributed by atoms with Gasteiger partial charge in [-0.15, -0.1) is 0 Å². The van der Waals surface area contributed by atoms with E-state index in [0.717, 1.165) is 5.56 Å². The molecule has 1 atom stereocenters. The van der Waals surface area contributed by atoms with Crippen LogP contribution in [0.4, 0.5) is 0 Å². The molecule has 2 aromatic heterocycles. The van der Waals surface area contributed by atoms with Crippen LogP contribution in [0, 0.1) is 0 Å². The average Bonchev–Trinajstić information content (AvgIpc) is 3.31. The Morgan fingerprint density at radius 2 is 1.94 bits per heavy atom. The molecule has 0 aliphatic carbocycles. The lowest BCUT2D eigenvalue weighted by Gasteiger charge is -2.29. The number of amides is 1. The predicted molar refractivity (Wildman–Crippen MR) is 130 cm³/mol. The first-order chi connectivity index (χ1) is 15.3. The summed E-state index contributed by atoms with van der Waals surface area (Å²) in [5.74, 6) is 0.431. The molecule has 0 fully saturated rings. The maximum Gasteiger partial charge on any atom is 0.271 e. The molecule has 9 heteroatoms. The number of nitrogens with zero attached hydrogens (tertiary/aromatic N) is 3. The number of likely N-dealkylation sites (N-methyl/N-ethyl adjacent to an activating group) is 1. The Hall–Kier alpha value is -2.42. The van der Waals surface area contributed by atoms with E-state index in [0.29, 0.717) is 49.1 Å². The van der Waals surface area contributed by atoms with Crippen molar-refractivity contribution in [3.63, 3.8) is 0 Å². The smallest absolute Gasteiger partial charge is 0.271 e. The number of thiazole rings is 1. The fourth-order valence-electron chi connectivity index (χ4n) is 3.77. The van der Waals surface area contributed by atoms with Gasteiger partial charge >= 0.3 is 0 Å². The molecule has 4 rings (SSSR count). The first kappa shape index (κ1) is 22.8. The quantitative estimate of drug-likeness (QED) is 0.495. The summed E-state index contributed by atoms with van der Waals surface area (Å²) in [7, 11) is 0. The van der Waals surface area contributed by atoms with Crippen molar-refractivity contribution < 1.29 is 9.21 Å². The Labute approximate surface area is 202 Å². The summed E-state index contributed by atoms with van der Waals surface area (Å²) >= 11 is 10.7. The summed E-state index contributed by atoms with van der Waals surface area (Å²) in [6.45, 7) is 6.82. The van der Waals surface area contributed by atoms with E-state index < -0.39 is 6.04 Å². The van der Waals surface area contributed by atoms with Crippen molar-refractivity contribution in [2.24, 2.45) is 4.99 Å². The van der Waals surface area contributed by atoms with Gasteiger partial charge in [0.15, 0.2) is 9.47 Å². The van der Waals surface area contributed by atoms with Crippen molar-refractivity contribution in [3.8, 4) is 0 Å². The molecule has 1 aliphatic heterocycles. The number of hydrogen-bond acceptors (Lipinski definition) is 5. The first-order valence-corrected chi connectivity index (χ1v) is 12.1. The van der Waals surface area contributed by atoms with Crippen LogP contribution >= 0.6 is 38.9 Å². The number of aromatic nitrogens is 1. The van der Waals surface area contributed by atoms with Crippen LogP contribution in [-0.2, 0) is 4.79 Å². The number of rotatable bonds is 5. The lowest BCUT2D eigenvalue weighted by Crippen LogP contribution is -2.43. The molecule has 0 unspecified atom stereocenters. The van der Waals surface area contributed by atoms with Gasteiger partial charge in [-0.1, -0.05) is 35.1 Å². The van der Waals surface area contributed by atoms with Crippen molar-refractivity contribution in [2.45, 2.75) is 26.8 Å². The lowest BCUT2D eigenvalue weighted by atomic mass is 9.94. The molecule has 0 spiro atoms. The van der Waals surface area contributed by atoms with E-state index in [1.54, 1.807) is 39.8 Å². The molecule has 32 heavy (non-hydrogen) atoms. The van der Waals surface area contributed by atoms with Crippen LogP contribution in [-0.4, -0.2) is 28.5 Å². The Morgan fingerprint density at radius 3 is 2.53 bits per heavy atom. The van der Waals surface area contributed by atoms with Crippen LogP contribution in [0.25, 0.3) is 6.08 Å². The minimum Gasteiger partial charge on any atom is -0.450 e. The largest absolute Gasteiger partial charge is 0.450 e. The Morgan fingerprint density at radius 1 is 1.25 bits per heavy atom. The number of fused-ring (bicyclic) bond motifs is 1. The minimum atomic E-state index is -0.595. The fraction of sp³-hybridized carbons (Fsp3) is 0.261. The van der Waals surface area contributed by atoms with Crippen LogP contribution in [0.1, 0.15) is 38.1 Å². The summed E-state index contributed by atoms with van der Waals surface area (Å²) < 4.78 is 8.20. The molecule has 0 saturated heterocycles. The Balaban J connectivity index is 1.96. The summed E-state index contributed by atoms with van der Waals surface area (Å²) in [4.78, 5) is 33.9. The first-order valence-electron chi connectivity index (χ1n) is 10.2.